The van der Waals surface area contributed by atoms with Crippen LogP contribution in [0.3, 0.4) is 0 Å². The van der Waals surface area contributed by atoms with Gasteiger partial charge in [0.1, 0.15) is 0 Å². The molecule has 1 aromatic carbocycles. The Kier molecular flexibility index (Phi) is 3.60. The fraction of sp³-hybridized carbons (Fsp3) is 0.235. The molecule has 1 heterocycles. The summed E-state index contributed by atoms with van der Waals surface area (Å²) in [6.45, 7) is 0. The monoisotopic (exact) mass is 268 g/mol. The molecule has 1 fully saturated rings. The summed E-state index contributed by atoms with van der Waals surface area (Å²) < 4.78 is 0. The third-order valence-corrected chi connectivity index (χ3v) is 4.67. The van der Waals surface area contributed by atoms with E-state index < -0.39 is 0 Å². The largest absolute Gasteiger partial charge is 0.295 e. The van der Waals surface area contributed by atoms with E-state index >= 15 is 0 Å². The highest BCUT2D eigenvalue weighted by molar-refractivity contribution is 7.10. The van der Waals surface area contributed by atoms with E-state index in [1.807, 2.05) is 18.2 Å². The fourth-order valence-electron chi connectivity index (χ4n) is 2.60. The lowest BCUT2D eigenvalue weighted by Gasteiger charge is -2.22. The molecule has 0 aliphatic heterocycles. The lowest BCUT2D eigenvalue weighted by atomic mass is 9.83. The number of Topliss-reactive ketones (excluding diaryl/α,β-unsaturated/α-hetero) is 1. The highest BCUT2D eigenvalue weighted by Gasteiger charge is 2.24. The van der Waals surface area contributed by atoms with E-state index in [2.05, 4.69) is 35.7 Å². The highest BCUT2D eigenvalue weighted by atomic mass is 32.1. The molecule has 0 radical (unpaired) electrons. The number of rotatable bonds is 2. The first-order valence-corrected chi connectivity index (χ1v) is 7.53. The van der Waals surface area contributed by atoms with Gasteiger partial charge in [-0.3, -0.25) is 4.79 Å². The zero-order valence-corrected chi connectivity index (χ0v) is 11.5. The third kappa shape index (κ3) is 2.85. The number of carbonyl (C=O) groups is 1. The Balaban J connectivity index is 1.84. The molecule has 3 rings (SSSR count). The molecule has 1 nitrogen and oxygen atoms in total. The molecule has 0 amide bonds. The van der Waals surface area contributed by atoms with Crippen LogP contribution in [0.4, 0.5) is 0 Å². The first kappa shape index (κ1) is 12.4. The second-order valence-corrected chi connectivity index (χ2v) is 5.94. The normalized spacial score (nSPS) is 21.8. The summed E-state index contributed by atoms with van der Waals surface area (Å²) in [5.74, 6) is 0.837. The van der Waals surface area contributed by atoms with Gasteiger partial charge in [-0.1, -0.05) is 36.4 Å². The number of hydrogen-bond donors (Lipinski definition) is 0. The molecular weight excluding hydrogens is 252 g/mol. The summed E-state index contributed by atoms with van der Waals surface area (Å²) >= 11 is 1.80. The second-order valence-electron chi connectivity index (χ2n) is 4.96. The molecule has 2 aromatic rings. The summed E-state index contributed by atoms with van der Waals surface area (Å²) in [5.41, 5.74) is 2.11. The predicted molar refractivity (Wildman–Crippen MR) is 80.3 cm³/mol. The van der Waals surface area contributed by atoms with Crippen LogP contribution in [-0.4, -0.2) is 5.78 Å². The van der Waals surface area contributed by atoms with Gasteiger partial charge in [-0.25, -0.2) is 0 Å². The van der Waals surface area contributed by atoms with Gasteiger partial charge in [0.2, 0.25) is 0 Å². The zero-order valence-electron chi connectivity index (χ0n) is 10.7. The number of ketones is 1. The third-order valence-electron chi connectivity index (χ3n) is 3.63. The lowest BCUT2D eigenvalue weighted by molar-refractivity contribution is -0.116. The maximum absolute atomic E-state index is 12.0. The zero-order chi connectivity index (χ0) is 13.1. The second kappa shape index (κ2) is 5.54. The van der Waals surface area contributed by atoms with Crippen LogP contribution in [0.5, 0.6) is 0 Å². The van der Waals surface area contributed by atoms with Crippen LogP contribution < -0.4 is 0 Å². The van der Waals surface area contributed by atoms with Gasteiger partial charge in [0.25, 0.3) is 0 Å². The van der Waals surface area contributed by atoms with Gasteiger partial charge in [-0.05, 0) is 47.4 Å². The molecule has 0 spiro atoms. The van der Waals surface area contributed by atoms with E-state index in [0.717, 1.165) is 24.0 Å². The Hall–Kier alpha value is -1.67. The van der Waals surface area contributed by atoms with E-state index in [0.29, 0.717) is 18.1 Å². The minimum absolute atomic E-state index is 0.316. The molecule has 1 aromatic heterocycles. The summed E-state index contributed by atoms with van der Waals surface area (Å²) in [5, 5.41) is 2.12. The van der Waals surface area contributed by atoms with Crippen LogP contribution in [0, 0.1) is 0 Å². The minimum atomic E-state index is 0.316. The fourth-order valence-corrected chi connectivity index (χ4v) is 3.47. The summed E-state index contributed by atoms with van der Waals surface area (Å²) in [4.78, 5) is 13.5. The summed E-state index contributed by atoms with van der Waals surface area (Å²) in [7, 11) is 0. The van der Waals surface area contributed by atoms with Gasteiger partial charge in [0.05, 0.1) is 0 Å². The van der Waals surface area contributed by atoms with Gasteiger partial charge in [-0.2, -0.15) is 0 Å². The van der Waals surface area contributed by atoms with Crippen molar-refractivity contribution < 1.29 is 4.79 Å². The Bertz CT molecular complexity index is 581. The van der Waals surface area contributed by atoms with Crippen LogP contribution in [0.2, 0.25) is 0 Å². The molecule has 2 heteroatoms. The van der Waals surface area contributed by atoms with Gasteiger partial charge in [-0.15, -0.1) is 11.3 Å². The molecule has 0 bridgehead atoms. The van der Waals surface area contributed by atoms with Crippen LogP contribution in [-0.2, 0) is 4.79 Å². The Labute approximate surface area is 117 Å². The number of thiophene rings is 1. The molecule has 96 valence electrons. The topological polar surface area (TPSA) is 17.1 Å². The van der Waals surface area contributed by atoms with Crippen molar-refractivity contribution in [3.8, 4) is 0 Å². The molecule has 1 saturated carbocycles. The smallest absolute Gasteiger partial charge is 0.158 e. The van der Waals surface area contributed by atoms with E-state index in [9.17, 15) is 4.79 Å². The van der Waals surface area contributed by atoms with E-state index in [4.69, 9.17) is 0 Å². The van der Waals surface area contributed by atoms with Crippen molar-refractivity contribution in [2.75, 3.05) is 0 Å². The number of benzene rings is 1. The highest BCUT2D eigenvalue weighted by Crippen LogP contribution is 2.36. The molecule has 19 heavy (non-hydrogen) atoms. The minimum Gasteiger partial charge on any atom is -0.295 e. The van der Waals surface area contributed by atoms with E-state index in [1.165, 1.54) is 4.88 Å². The maximum atomic E-state index is 12.0. The Morgan fingerprint density at radius 3 is 2.68 bits per heavy atom. The van der Waals surface area contributed by atoms with Gasteiger partial charge < -0.3 is 0 Å². The van der Waals surface area contributed by atoms with Crippen molar-refractivity contribution in [1.82, 2.24) is 0 Å². The first-order valence-electron chi connectivity index (χ1n) is 6.65. The van der Waals surface area contributed by atoms with Crippen molar-refractivity contribution in [2.45, 2.75) is 25.2 Å². The Morgan fingerprint density at radius 2 is 1.95 bits per heavy atom. The molecular formula is C17H16OS. The van der Waals surface area contributed by atoms with Crippen molar-refractivity contribution in [3.05, 3.63) is 63.9 Å². The van der Waals surface area contributed by atoms with Crippen LogP contribution >= 0.6 is 11.3 Å². The lowest BCUT2D eigenvalue weighted by Crippen LogP contribution is -2.15. The van der Waals surface area contributed by atoms with Crippen LogP contribution in [0.1, 0.15) is 35.6 Å². The number of carbonyl (C=O) groups excluding carboxylic acids is 1. The molecule has 1 aliphatic rings. The SMILES string of the molecule is O=C1CCC(c2cccs2)CC1=Cc1ccccc1. The van der Waals surface area contributed by atoms with Gasteiger partial charge >= 0.3 is 0 Å². The molecule has 1 atom stereocenters. The van der Waals surface area contributed by atoms with Gasteiger partial charge in [0.15, 0.2) is 5.78 Å². The van der Waals surface area contributed by atoms with Crippen LogP contribution in [0.15, 0.2) is 53.4 Å². The average molecular weight is 268 g/mol. The summed E-state index contributed by atoms with van der Waals surface area (Å²) in [6, 6.07) is 14.4. The van der Waals surface area contributed by atoms with Crippen molar-refractivity contribution in [2.24, 2.45) is 0 Å². The molecule has 1 unspecified atom stereocenters. The standard InChI is InChI=1S/C17H16OS/c18-16-9-8-14(17-7-4-10-19-17)12-15(16)11-13-5-2-1-3-6-13/h1-7,10-11,14H,8-9,12H2. The number of hydrogen-bond acceptors (Lipinski definition) is 2. The molecule has 0 saturated heterocycles. The Morgan fingerprint density at radius 1 is 1.11 bits per heavy atom. The maximum Gasteiger partial charge on any atom is 0.158 e. The quantitative estimate of drug-likeness (QED) is 0.723. The van der Waals surface area contributed by atoms with Gasteiger partial charge in [0, 0.05) is 11.3 Å². The van der Waals surface area contributed by atoms with E-state index in [1.54, 1.807) is 11.3 Å². The molecule has 0 N–H and O–H groups in total. The summed E-state index contributed by atoms with van der Waals surface area (Å²) in [6.07, 6.45) is 4.61. The molecule has 1 aliphatic carbocycles. The van der Waals surface area contributed by atoms with Crippen molar-refractivity contribution in [1.29, 1.82) is 0 Å². The van der Waals surface area contributed by atoms with Crippen molar-refractivity contribution in [3.63, 3.8) is 0 Å². The van der Waals surface area contributed by atoms with Crippen molar-refractivity contribution >= 4 is 23.2 Å². The van der Waals surface area contributed by atoms with E-state index in [-0.39, 0.29) is 0 Å². The first-order chi connectivity index (χ1) is 9.33. The predicted octanol–water partition coefficient (Wildman–Crippen LogP) is 4.67. The average Bonchev–Trinajstić information content (AvgIpc) is 2.96. The number of allylic oxidation sites excluding steroid dienone is 1. The van der Waals surface area contributed by atoms with Crippen LogP contribution in [0.25, 0.3) is 6.08 Å².